The van der Waals surface area contributed by atoms with Crippen LogP contribution in [0.4, 0.5) is 10.8 Å². The number of unbranched alkanes of at least 4 members (excludes halogenated alkanes) is 2. The van der Waals surface area contributed by atoms with E-state index < -0.39 is 0 Å². The van der Waals surface area contributed by atoms with Crippen LogP contribution in [0, 0.1) is 6.92 Å². The molecule has 1 aromatic carbocycles. The second-order valence-corrected chi connectivity index (χ2v) is 7.87. The van der Waals surface area contributed by atoms with Gasteiger partial charge in [-0.15, -0.1) is 10.2 Å². The summed E-state index contributed by atoms with van der Waals surface area (Å²) < 4.78 is 3.01. The molecule has 0 fully saturated rings. The highest BCUT2D eigenvalue weighted by Crippen LogP contribution is 2.28. The number of thioether (sulfide) groups is 1. The number of anilines is 2. The van der Waals surface area contributed by atoms with E-state index in [-0.39, 0.29) is 0 Å². The molecule has 0 spiro atoms. The molecule has 3 aromatic rings. The number of hydrogen-bond acceptors (Lipinski definition) is 6. The van der Waals surface area contributed by atoms with E-state index in [1.165, 1.54) is 24.8 Å². The predicted octanol–water partition coefficient (Wildman–Crippen LogP) is 4.75. The minimum Gasteiger partial charge on any atom is -0.330 e. The molecule has 0 saturated heterocycles. The van der Waals surface area contributed by atoms with Gasteiger partial charge >= 0.3 is 0 Å². The summed E-state index contributed by atoms with van der Waals surface area (Å²) in [6.07, 6.45) is 7.40. The van der Waals surface area contributed by atoms with Crippen LogP contribution in [0.25, 0.3) is 0 Å². The molecule has 0 bridgehead atoms. The van der Waals surface area contributed by atoms with Gasteiger partial charge in [0.15, 0.2) is 4.34 Å². The Kier molecular flexibility index (Phi) is 6.26. The summed E-state index contributed by atoms with van der Waals surface area (Å²) in [6.45, 7) is 3.08. The van der Waals surface area contributed by atoms with Gasteiger partial charge in [0, 0.05) is 30.4 Å². The largest absolute Gasteiger partial charge is 0.330 e. The Morgan fingerprint density at radius 2 is 2.12 bits per heavy atom. The first-order valence-electron chi connectivity index (χ1n) is 8.07. The molecule has 2 heterocycles. The molecule has 0 radical (unpaired) electrons. The van der Waals surface area contributed by atoms with Gasteiger partial charge in [0.1, 0.15) is 0 Å². The second-order valence-electron chi connectivity index (χ2n) is 5.55. The topological polar surface area (TPSA) is 55.6 Å². The lowest BCUT2D eigenvalue weighted by Gasteiger charge is -2.02. The van der Waals surface area contributed by atoms with Crippen LogP contribution >= 0.6 is 23.1 Å². The molecule has 3 rings (SSSR count). The van der Waals surface area contributed by atoms with Crippen molar-refractivity contribution in [2.24, 2.45) is 0 Å². The fourth-order valence-electron chi connectivity index (χ4n) is 2.31. The maximum absolute atomic E-state index is 4.25. The monoisotopic (exact) mass is 359 g/mol. The van der Waals surface area contributed by atoms with Gasteiger partial charge in [-0.05, 0) is 43.5 Å². The van der Waals surface area contributed by atoms with E-state index in [9.17, 15) is 0 Å². The Bertz CT molecular complexity index is 739. The van der Waals surface area contributed by atoms with Crippen molar-refractivity contribution in [2.45, 2.75) is 37.1 Å². The van der Waals surface area contributed by atoms with Crippen molar-refractivity contribution in [1.82, 2.24) is 20.0 Å². The van der Waals surface area contributed by atoms with Crippen LogP contribution in [-0.4, -0.2) is 25.7 Å². The summed E-state index contributed by atoms with van der Waals surface area (Å²) in [5, 5.41) is 16.8. The molecule has 1 N–H and O–H groups in total. The summed E-state index contributed by atoms with van der Waals surface area (Å²) in [7, 11) is 0. The molecule has 0 saturated carbocycles. The lowest BCUT2D eigenvalue weighted by atomic mass is 10.2. The van der Waals surface area contributed by atoms with Gasteiger partial charge in [-0.2, -0.15) is 5.10 Å². The minimum absolute atomic E-state index is 0.849. The van der Waals surface area contributed by atoms with Gasteiger partial charge in [-0.3, -0.25) is 4.68 Å². The molecule has 0 amide bonds. The molecule has 2 aromatic heterocycles. The standard InChI is InChI=1S/C17H21N5S2/c1-14-7-5-8-15(13-14)19-16-20-21-17(24-16)23-12-4-2-3-10-22-11-6-9-18-22/h5-9,11,13H,2-4,10,12H2,1H3,(H,19,20). The smallest absolute Gasteiger partial charge is 0.210 e. The predicted molar refractivity (Wildman–Crippen MR) is 101 cm³/mol. The fraction of sp³-hybridized carbons (Fsp3) is 0.353. The fourth-order valence-corrected chi connectivity index (χ4v) is 4.15. The first-order valence-corrected chi connectivity index (χ1v) is 9.87. The molecule has 0 aliphatic carbocycles. The van der Waals surface area contributed by atoms with E-state index in [2.05, 4.69) is 39.7 Å². The van der Waals surface area contributed by atoms with Gasteiger partial charge in [0.2, 0.25) is 5.13 Å². The SMILES string of the molecule is Cc1cccc(Nc2nnc(SCCCCCn3cccn3)s2)c1. The van der Waals surface area contributed by atoms with Crippen molar-refractivity contribution in [1.29, 1.82) is 0 Å². The van der Waals surface area contributed by atoms with Crippen molar-refractivity contribution in [3.8, 4) is 0 Å². The van der Waals surface area contributed by atoms with E-state index in [1.807, 2.05) is 35.3 Å². The first-order chi connectivity index (χ1) is 11.8. The number of aryl methyl sites for hydroxylation is 2. The molecule has 0 aliphatic heterocycles. The van der Waals surface area contributed by atoms with Crippen molar-refractivity contribution in [3.63, 3.8) is 0 Å². The van der Waals surface area contributed by atoms with Crippen LogP contribution in [0.15, 0.2) is 47.1 Å². The average molecular weight is 360 g/mol. The van der Waals surface area contributed by atoms with Gasteiger partial charge < -0.3 is 5.32 Å². The van der Waals surface area contributed by atoms with Crippen molar-refractivity contribution in [2.75, 3.05) is 11.1 Å². The van der Waals surface area contributed by atoms with Gasteiger partial charge in [-0.25, -0.2) is 0 Å². The van der Waals surface area contributed by atoms with E-state index in [0.717, 1.165) is 27.5 Å². The van der Waals surface area contributed by atoms with E-state index in [4.69, 9.17) is 0 Å². The third-order valence-electron chi connectivity index (χ3n) is 3.49. The average Bonchev–Trinajstić information content (AvgIpc) is 3.23. The summed E-state index contributed by atoms with van der Waals surface area (Å²) >= 11 is 3.40. The molecular formula is C17H21N5S2. The molecular weight excluding hydrogens is 338 g/mol. The van der Waals surface area contributed by atoms with Crippen LogP contribution in [-0.2, 0) is 6.54 Å². The summed E-state index contributed by atoms with van der Waals surface area (Å²) in [5.41, 5.74) is 2.29. The molecule has 5 nitrogen and oxygen atoms in total. The van der Waals surface area contributed by atoms with E-state index in [1.54, 1.807) is 23.1 Å². The Morgan fingerprint density at radius 3 is 2.96 bits per heavy atom. The zero-order valence-electron chi connectivity index (χ0n) is 13.7. The van der Waals surface area contributed by atoms with Crippen molar-refractivity contribution in [3.05, 3.63) is 48.3 Å². The Balaban J connectivity index is 1.35. The lowest BCUT2D eigenvalue weighted by Crippen LogP contribution is -1.97. The van der Waals surface area contributed by atoms with Crippen molar-refractivity contribution < 1.29 is 0 Å². The molecule has 7 heteroatoms. The van der Waals surface area contributed by atoms with Gasteiger partial charge in [0.25, 0.3) is 0 Å². The zero-order valence-corrected chi connectivity index (χ0v) is 15.3. The van der Waals surface area contributed by atoms with Crippen molar-refractivity contribution >= 4 is 33.9 Å². The number of nitrogens with zero attached hydrogens (tertiary/aromatic N) is 4. The lowest BCUT2D eigenvalue weighted by molar-refractivity contribution is 0.554. The maximum Gasteiger partial charge on any atom is 0.210 e. The molecule has 0 atom stereocenters. The summed E-state index contributed by atoms with van der Waals surface area (Å²) in [4.78, 5) is 0. The molecule has 126 valence electrons. The second kappa shape index (κ2) is 8.84. The van der Waals surface area contributed by atoms with E-state index in [0.29, 0.717) is 0 Å². The first kappa shape index (κ1) is 17.0. The third kappa shape index (κ3) is 5.35. The highest BCUT2D eigenvalue weighted by Gasteiger charge is 2.05. The van der Waals surface area contributed by atoms with Crippen LogP contribution in [0.5, 0.6) is 0 Å². The maximum atomic E-state index is 4.25. The molecule has 0 unspecified atom stereocenters. The highest BCUT2D eigenvalue weighted by molar-refractivity contribution is 8.01. The number of rotatable bonds is 9. The normalized spacial score (nSPS) is 10.9. The van der Waals surface area contributed by atoms with Crippen LogP contribution in [0.3, 0.4) is 0 Å². The number of aromatic nitrogens is 4. The quantitative estimate of drug-likeness (QED) is 0.441. The Morgan fingerprint density at radius 1 is 1.17 bits per heavy atom. The van der Waals surface area contributed by atoms with Gasteiger partial charge in [-0.1, -0.05) is 41.7 Å². The number of benzene rings is 1. The van der Waals surface area contributed by atoms with Crippen LogP contribution in [0.2, 0.25) is 0 Å². The summed E-state index contributed by atoms with van der Waals surface area (Å²) in [6, 6.07) is 10.2. The number of hydrogen-bond donors (Lipinski definition) is 1. The zero-order chi connectivity index (χ0) is 16.6. The van der Waals surface area contributed by atoms with Crippen LogP contribution < -0.4 is 5.32 Å². The highest BCUT2D eigenvalue weighted by atomic mass is 32.2. The summed E-state index contributed by atoms with van der Waals surface area (Å²) in [5.74, 6) is 1.08. The molecule has 0 aliphatic rings. The number of nitrogens with one attached hydrogen (secondary N) is 1. The molecule has 24 heavy (non-hydrogen) atoms. The Hall–Kier alpha value is -1.86. The minimum atomic E-state index is 0.849. The van der Waals surface area contributed by atoms with Crippen LogP contribution in [0.1, 0.15) is 24.8 Å². The van der Waals surface area contributed by atoms with Gasteiger partial charge in [0.05, 0.1) is 0 Å². The Labute approximate surface area is 150 Å². The third-order valence-corrected chi connectivity index (χ3v) is 5.55. The van der Waals surface area contributed by atoms with E-state index >= 15 is 0 Å².